The van der Waals surface area contributed by atoms with E-state index in [2.05, 4.69) is 15.3 Å². The van der Waals surface area contributed by atoms with Crippen LogP contribution in [0.5, 0.6) is 0 Å². The predicted octanol–water partition coefficient (Wildman–Crippen LogP) is 3.69. The first kappa shape index (κ1) is 24.6. The van der Waals surface area contributed by atoms with E-state index in [1.54, 1.807) is 12.3 Å². The Balaban J connectivity index is 1.60. The molecule has 2 heterocycles. The molecule has 4 N–H and O–H groups in total. The molecule has 0 saturated heterocycles. The molecule has 4 rings (SSSR count). The molecule has 8 heteroatoms. The highest BCUT2D eigenvalue weighted by Crippen LogP contribution is 2.24. The van der Waals surface area contributed by atoms with Crippen LogP contribution in [-0.4, -0.2) is 44.8 Å². The van der Waals surface area contributed by atoms with E-state index in [1.165, 1.54) is 0 Å². The number of amides is 1. The molecule has 2 aromatic carbocycles. The molecule has 0 saturated carbocycles. The molecular weight excluding hydrogens is 441 g/mol. The lowest BCUT2D eigenvalue weighted by atomic mass is 9.74. The molecule has 180 valence electrons. The van der Waals surface area contributed by atoms with Gasteiger partial charge in [0.15, 0.2) is 5.78 Å². The Labute approximate surface area is 204 Å². The summed E-state index contributed by atoms with van der Waals surface area (Å²) in [4.78, 5) is 34.2. The number of nitrogens with zero attached hydrogens (tertiary/aromatic N) is 1. The standard InChI is InChI=1S/C27H30BN3O4/c1-17(2)11-26(28(34)35)31-27(33)19(13-20-15-30-24-10-6-4-8-22(20)24)14-25(32)21-12-18-7-3-5-9-23(18)29-16-21/h3-10,12,15-17,19,26,30,34-35H,11,13-14H2,1-2H3,(H,31,33)/t19-,26+/m1/s1. The molecule has 2 aromatic heterocycles. The third-order valence-corrected chi connectivity index (χ3v) is 6.27. The lowest BCUT2D eigenvalue weighted by Crippen LogP contribution is -2.49. The first-order valence-electron chi connectivity index (χ1n) is 11.9. The number of nitrogens with one attached hydrogen (secondary N) is 2. The van der Waals surface area contributed by atoms with Gasteiger partial charge in [0.05, 0.1) is 11.5 Å². The summed E-state index contributed by atoms with van der Waals surface area (Å²) in [5, 5.41) is 24.2. The van der Waals surface area contributed by atoms with Gasteiger partial charge in [-0.1, -0.05) is 50.2 Å². The number of ketones is 1. The smallest absolute Gasteiger partial charge is 0.426 e. The second kappa shape index (κ2) is 10.8. The number of para-hydroxylation sites is 2. The zero-order valence-electron chi connectivity index (χ0n) is 19.9. The van der Waals surface area contributed by atoms with Gasteiger partial charge < -0.3 is 20.3 Å². The summed E-state index contributed by atoms with van der Waals surface area (Å²) in [6.07, 6.45) is 4.12. The van der Waals surface area contributed by atoms with Crippen LogP contribution < -0.4 is 5.32 Å². The average Bonchev–Trinajstić information content (AvgIpc) is 3.25. The van der Waals surface area contributed by atoms with Crippen LogP contribution >= 0.6 is 0 Å². The minimum atomic E-state index is -1.68. The molecule has 0 spiro atoms. The van der Waals surface area contributed by atoms with Crippen LogP contribution in [0.25, 0.3) is 21.8 Å². The van der Waals surface area contributed by atoms with E-state index in [9.17, 15) is 19.6 Å². The van der Waals surface area contributed by atoms with E-state index in [-0.39, 0.29) is 24.0 Å². The number of H-pyrrole nitrogens is 1. The Morgan fingerprint density at radius 2 is 1.83 bits per heavy atom. The maximum Gasteiger partial charge on any atom is 0.475 e. The van der Waals surface area contributed by atoms with E-state index < -0.39 is 19.0 Å². The Morgan fingerprint density at radius 1 is 1.09 bits per heavy atom. The molecule has 0 bridgehead atoms. The Bertz CT molecular complexity index is 1330. The molecule has 0 unspecified atom stereocenters. The van der Waals surface area contributed by atoms with Crippen LogP contribution in [0.1, 0.15) is 42.6 Å². The van der Waals surface area contributed by atoms with Crippen molar-refractivity contribution in [1.29, 1.82) is 0 Å². The van der Waals surface area contributed by atoms with Crippen molar-refractivity contribution in [1.82, 2.24) is 15.3 Å². The quantitative estimate of drug-likeness (QED) is 0.208. The highest BCUT2D eigenvalue weighted by atomic mass is 16.4. The molecular formula is C27H30BN3O4. The van der Waals surface area contributed by atoms with E-state index in [4.69, 9.17) is 0 Å². The minimum absolute atomic E-state index is 0.0265. The van der Waals surface area contributed by atoms with Crippen molar-refractivity contribution >= 4 is 40.6 Å². The Morgan fingerprint density at radius 3 is 2.60 bits per heavy atom. The summed E-state index contributed by atoms with van der Waals surface area (Å²) < 4.78 is 0. The summed E-state index contributed by atoms with van der Waals surface area (Å²) in [7, 11) is -1.68. The number of hydrogen-bond donors (Lipinski definition) is 4. The average molecular weight is 471 g/mol. The maximum atomic E-state index is 13.4. The summed E-state index contributed by atoms with van der Waals surface area (Å²) >= 11 is 0. The third-order valence-electron chi connectivity index (χ3n) is 6.27. The zero-order chi connectivity index (χ0) is 24.9. The van der Waals surface area contributed by atoms with Crippen LogP contribution in [0.2, 0.25) is 0 Å². The molecule has 0 radical (unpaired) electrons. The van der Waals surface area contributed by atoms with Gasteiger partial charge in [-0.15, -0.1) is 0 Å². The van der Waals surface area contributed by atoms with Crippen molar-refractivity contribution < 1.29 is 19.6 Å². The predicted molar refractivity (Wildman–Crippen MR) is 138 cm³/mol. The summed E-state index contributed by atoms with van der Waals surface area (Å²) in [5.41, 5.74) is 3.12. The van der Waals surface area contributed by atoms with Gasteiger partial charge in [-0.3, -0.25) is 14.6 Å². The summed E-state index contributed by atoms with van der Waals surface area (Å²) in [6, 6.07) is 17.2. The molecule has 7 nitrogen and oxygen atoms in total. The first-order valence-corrected chi connectivity index (χ1v) is 11.9. The first-order chi connectivity index (χ1) is 16.8. The maximum absolute atomic E-state index is 13.4. The number of benzene rings is 2. The van der Waals surface area contributed by atoms with Crippen LogP contribution in [0.3, 0.4) is 0 Å². The number of carbonyl (C=O) groups excluding carboxylic acids is 2. The number of aromatic amines is 1. The van der Waals surface area contributed by atoms with Crippen LogP contribution in [0, 0.1) is 11.8 Å². The molecule has 2 atom stereocenters. The second-order valence-electron chi connectivity index (χ2n) is 9.46. The van der Waals surface area contributed by atoms with E-state index in [0.717, 1.165) is 27.4 Å². The van der Waals surface area contributed by atoms with Gasteiger partial charge >= 0.3 is 7.12 Å². The van der Waals surface area contributed by atoms with Gasteiger partial charge in [0.2, 0.25) is 5.91 Å². The molecule has 35 heavy (non-hydrogen) atoms. The van der Waals surface area contributed by atoms with Gasteiger partial charge in [-0.25, -0.2) is 0 Å². The largest absolute Gasteiger partial charge is 0.475 e. The van der Waals surface area contributed by atoms with Crippen molar-refractivity contribution in [3.8, 4) is 0 Å². The monoisotopic (exact) mass is 471 g/mol. The number of pyridine rings is 1. The van der Waals surface area contributed by atoms with Crippen LogP contribution in [0.4, 0.5) is 0 Å². The topological polar surface area (TPSA) is 115 Å². The van der Waals surface area contributed by atoms with Gasteiger partial charge in [-0.05, 0) is 42.5 Å². The van der Waals surface area contributed by atoms with Crippen LogP contribution in [-0.2, 0) is 11.2 Å². The zero-order valence-corrected chi connectivity index (χ0v) is 19.9. The summed E-state index contributed by atoms with van der Waals surface area (Å²) in [6.45, 7) is 3.89. The molecule has 4 aromatic rings. The number of Topliss-reactive ketones (excluding diaryl/α,β-unsaturated/α-hetero) is 1. The third kappa shape index (κ3) is 5.96. The molecule has 1 amide bonds. The Hall–Kier alpha value is -3.49. The normalized spacial score (nSPS) is 13.2. The SMILES string of the molecule is CC(C)C[C@H](NC(=O)[C@@H](CC(=O)c1cnc2ccccc2c1)Cc1c[nH]c2ccccc12)B(O)O. The lowest BCUT2D eigenvalue weighted by Gasteiger charge is -2.23. The van der Waals surface area contributed by atoms with Crippen molar-refractivity contribution in [2.75, 3.05) is 0 Å². The molecule has 0 fully saturated rings. The van der Waals surface area contributed by atoms with Crippen molar-refractivity contribution in [3.63, 3.8) is 0 Å². The van der Waals surface area contributed by atoms with E-state index in [0.29, 0.717) is 18.4 Å². The van der Waals surface area contributed by atoms with E-state index >= 15 is 0 Å². The number of carbonyl (C=O) groups is 2. The number of fused-ring (bicyclic) bond motifs is 2. The van der Waals surface area contributed by atoms with Crippen LogP contribution in [0.15, 0.2) is 67.0 Å². The fourth-order valence-corrected chi connectivity index (χ4v) is 4.45. The van der Waals surface area contributed by atoms with Crippen molar-refractivity contribution in [2.45, 2.75) is 39.1 Å². The number of hydrogen-bond acceptors (Lipinski definition) is 5. The van der Waals surface area contributed by atoms with Crippen molar-refractivity contribution in [3.05, 3.63) is 78.1 Å². The molecule has 0 aliphatic carbocycles. The van der Waals surface area contributed by atoms with Gasteiger partial charge in [0.25, 0.3) is 0 Å². The fraction of sp³-hybridized carbons (Fsp3) is 0.296. The second-order valence-corrected chi connectivity index (χ2v) is 9.46. The molecule has 0 aliphatic rings. The van der Waals surface area contributed by atoms with Crippen molar-refractivity contribution in [2.24, 2.45) is 11.8 Å². The lowest BCUT2D eigenvalue weighted by molar-refractivity contribution is -0.125. The fourth-order valence-electron chi connectivity index (χ4n) is 4.45. The van der Waals surface area contributed by atoms with E-state index in [1.807, 2.05) is 68.6 Å². The summed E-state index contributed by atoms with van der Waals surface area (Å²) in [5.74, 6) is -1.92. The van der Waals surface area contributed by atoms with Gasteiger partial charge in [0, 0.05) is 46.6 Å². The minimum Gasteiger partial charge on any atom is -0.426 e. The van der Waals surface area contributed by atoms with Gasteiger partial charge in [0.1, 0.15) is 0 Å². The molecule has 0 aliphatic heterocycles. The Kier molecular flexibility index (Phi) is 7.63. The van der Waals surface area contributed by atoms with Gasteiger partial charge in [-0.2, -0.15) is 0 Å². The highest BCUT2D eigenvalue weighted by Gasteiger charge is 2.31. The highest BCUT2D eigenvalue weighted by molar-refractivity contribution is 6.43. The number of aromatic nitrogens is 2. The number of rotatable bonds is 10.